The van der Waals surface area contributed by atoms with E-state index in [1.807, 2.05) is 44.2 Å². The van der Waals surface area contributed by atoms with Gasteiger partial charge in [0.15, 0.2) is 0 Å². The highest BCUT2D eigenvalue weighted by molar-refractivity contribution is 6.30. The molecule has 0 aliphatic heterocycles. The minimum Gasteiger partial charge on any atom is -0.336 e. The summed E-state index contributed by atoms with van der Waals surface area (Å²) in [5.41, 5.74) is 2.53. The fourth-order valence-electron chi connectivity index (χ4n) is 2.09. The molecule has 4 nitrogen and oxygen atoms in total. The fourth-order valence-corrected chi connectivity index (χ4v) is 2.22. The van der Waals surface area contributed by atoms with Crippen LogP contribution in [0.1, 0.15) is 28.7 Å². The highest BCUT2D eigenvalue weighted by atomic mass is 35.5. The Hall–Kier alpha value is -1.81. The first kappa shape index (κ1) is 14.6. The molecule has 0 aliphatic carbocycles. The van der Waals surface area contributed by atoms with E-state index in [2.05, 4.69) is 5.10 Å². The van der Waals surface area contributed by atoms with E-state index in [0.29, 0.717) is 23.8 Å². The molecule has 0 radical (unpaired) electrons. The van der Waals surface area contributed by atoms with Gasteiger partial charge >= 0.3 is 0 Å². The summed E-state index contributed by atoms with van der Waals surface area (Å²) in [5, 5.41) is 5.00. The third-order valence-corrected chi connectivity index (χ3v) is 3.35. The van der Waals surface area contributed by atoms with Gasteiger partial charge in [0, 0.05) is 25.2 Å². The number of nitrogens with zero attached hydrogens (tertiary/aromatic N) is 3. The van der Waals surface area contributed by atoms with Crippen LogP contribution < -0.4 is 0 Å². The molecule has 106 valence electrons. The average Bonchev–Trinajstić information content (AvgIpc) is 2.81. The first-order valence-electron chi connectivity index (χ1n) is 6.55. The molecule has 0 N–H and O–H groups in total. The van der Waals surface area contributed by atoms with Gasteiger partial charge in [-0.15, -0.1) is 0 Å². The van der Waals surface area contributed by atoms with Crippen molar-refractivity contribution >= 4 is 17.5 Å². The molecule has 1 aromatic carbocycles. The predicted octanol–water partition coefficient (Wildman–Crippen LogP) is 3.14. The van der Waals surface area contributed by atoms with Crippen LogP contribution in [0.15, 0.2) is 30.3 Å². The van der Waals surface area contributed by atoms with Crippen molar-refractivity contribution in [2.24, 2.45) is 0 Å². The minimum atomic E-state index is -0.0256. The number of halogens is 1. The maximum absolute atomic E-state index is 12.4. The van der Waals surface area contributed by atoms with Crippen LogP contribution in [-0.2, 0) is 13.1 Å². The molecule has 1 heterocycles. The van der Waals surface area contributed by atoms with E-state index in [9.17, 15) is 4.79 Å². The SMILES string of the molecule is CCn1nc(C)cc1C(=O)N(C)Cc1ccc(Cl)cc1. The number of rotatable bonds is 4. The summed E-state index contributed by atoms with van der Waals surface area (Å²) < 4.78 is 1.73. The monoisotopic (exact) mass is 291 g/mol. The summed E-state index contributed by atoms with van der Waals surface area (Å²) >= 11 is 5.86. The molecule has 0 aliphatic rings. The Labute approximate surface area is 124 Å². The maximum atomic E-state index is 12.4. The van der Waals surface area contributed by atoms with Crippen LogP contribution >= 0.6 is 11.6 Å². The van der Waals surface area contributed by atoms with E-state index in [0.717, 1.165) is 11.3 Å². The zero-order valence-electron chi connectivity index (χ0n) is 11.9. The molecule has 0 unspecified atom stereocenters. The minimum absolute atomic E-state index is 0.0256. The molecule has 0 spiro atoms. The first-order chi connectivity index (χ1) is 9.51. The molecule has 5 heteroatoms. The zero-order valence-corrected chi connectivity index (χ0v) is 12.7. The van der Waals surface area contributed by atoms with E-state index in [1.54, 1.807) is 16.6 Å². The molecule has 1 aromatic heterocycles. The number of aryl methyl sites for hydroxylation is 2. The molecule has 0 saturated carbocycles. The lowest BCUT2D eigenvalue weighted by molar-refractivity contribution is 0.0773. The highest BCUT2D eigenvalue weighted by Gasteiger charge is 2.17. The standard InChI is InChI=1S/C15H18ClN3O/c1-4-19-14(9-11(2)17-19)15(20)18(3)10-12-5-7-13(16)8-6-12/h5-9H,4,10H2,1-3H3. The Morgan fingerprint density at radius 3 is 2.60 bits per heavy atom. The Morgan fingerprint density at radius 1 is 1.35 bits per heavy atom. The van der Waals surface area contributed by atoms with Crippen LogP contribution in [0.5, 0.6) is 0 Å². The molecular weight excluding hydrogens is 274 g/mol. The van der Waals surface area contributed by atoms with Gasteiger partial charge in [-0.3, -0.25) is 9.48 Å². The van der Waals surface area contributed by atoms with E-state index >= 15 is 0 Å². The summed E-state index contributed by atoms with van der Waals surface area (Å²) in [6, 6.07) is 9.33. The topological polar surface area (TPSA) is 38.1 Å². The third-order valence-electron chi connectivity index (χ3n) is 3.10. The van der Waals surface area contributed by atoms with E-state index in [-0.39, 0.29) is 5.91 Å². The Kier molecular flexibility index (Phi) is 4.45. The summed E-state index contributed by atoms with van der Waals surface area (Å²) in [7, 11) is 1.79. The van der Waals surface area contributed by atoms with Crippen molar-refractivity contribution < 1.29 is 4.79 Å². The van der Waals surface area contributed by atoms with Crippen molar-refractivity contribution in [2.45, 2.75) is 26.9 Å². The summed E-state index contributed by atoms with van der Waals surface area (Å²) in [4.78, 5) is 14.1. The predicted molar refractivity (Wildman–Crippen MR) is 79.9 cm³/mol. The lowest BCUT2D eigenvalue weighted by Gasteiger charge is -2.17. The second kappa shape index (κ2) is 6.09. The van der Waals surface area contributed by atoms with Gasteiger partial charge in [-0.1, -0.05) is 23.7 Å². The van der Waals surface area contributed by atoms with E-state index < -0.39 is 0 Å². The fraction of sp³-hybridized carbons (Fsp3) is 0.333. The zero-order chi connectivity index (χ0) is 14.7. The Morgan fingerprint density at radius 2 is 2.00 bits per heavy atom. The van der Waals surface area contributed by atoms with E-state index in [4.69, 9.17) is 11.6 Å². The Bertz CT molecular complexity index is 604. The summed E-state index contributed by atoms with van der Waals surface area (Å²) in [6.07, 6.45) is 0. The van der Waals surface area contributed by atoms with Crippen molar-refractivity contribution in [2.75, 3.05) is 7.05 Å². The van der Waals surface area contributed by atoms with Gasteiger partial charge in [-0.25, -0.2) is 0 Å². The largest absolute Gasteiger partial charge is 0.336 e. The molecule has 0 fully saturated rings. The first-order valence-corrected chi connectivity index (χ1v) is 6.93. The smallest absolute Gasteiger partial charge is 0.272 e. The number of aromatic nitrogens is 2. The number of carbonyl (C=O) groups excluding carboxylic acids is 1. The molecule has 0 atom stereocenters. The number of hydrogen-bond donors (Lipinski definition) is 0. The van der Waals surface area contributed by atoms with Gasteiger partial charge in [0.25, 0.3) is 5.91 Å². The lowest BCUT2D eigenvalue weighted by Crippen LogP contribution is -2.28. The van der Waals surface area contributed by atoms with Gasteiger partial charge in [-0.05, 0) is 37.6 Å². The molecule has 0 saturated heterocycles. The van der Waals surface area contributed by atoms with Crippen LogP contribution in [0.25, 0.3) is 0 Å². The van der Waals surface area contributed by atoms with Gasteiger partial charge in [-0.2, -0.15) is 5.10 Å². The molecule has 0 bridgehead atoms. The van der Waals surface area contributed by atoms with E-state index in [1.165, 1.54) is 0 Å². The second-order valence-electron chi connectivity index (χ2n) is 4.77. The van der Waals surface area contributed by atoms with Crippen molar-refractivity contribution in [3.05, 3.63) is 52.3 Å². The number of amides is 1. The quantitative estimate of drug-likeness (QED) is 0.868. The van der Waals surface area contributed by atoms with Gasteiger partial charge in [0.1, 0.15) is 5.69 Å². The van der Waals surface area contributed by atoms with Gasteiger partial charge in [0.05, 0.1) is 5.69 Å². The van der Waals surface area contributed by atoms with Gasteiger partial charge in [0.2, 0.25) is 0 Å². The second-order valence-corrected chi connectivity index (χ2v) is 5.21. The van der Waals surface area contributed by atoms with Crippen molar-refractivity contribution in [1.29, 1.82) is 0 Å². The van der Waals surface area contributed by atoms with Crippen LogP contribution in [0.3, 0.4) is 0 Å². The number of hydrogen-bond acceptors (Lipinski definition) is 2. The lowest BCUT2D eigenvalue weighted by atomic mass is 10.2. The average molecular weight is 292 g/mol. The molecule has 1 amide bonds. The molecule has 2 rings (SSSR count). The van der Waals surface area contributed by atoms with Crippen molar-refractivity contribution in [3.8, 4) is 0 Å². The molecule has 20 heavy (non-hydrogen) atoms. The maximum Gasteiger partial charge on any atom is 0.272 e. The van der Waals surface area contributed by atoms with Crippen LogP contribution in [0.2, 0.25) is 5.02 Å². The van der Waals surface area contributed by atoms with Crippen LogP contribution in [0.4, 0.5) is 0 Å². The van der Waals surface area contributed by atoms with Crippen molar-refractivity contribution in [3.63, 3.8) is 0 Å². The summed E-state index contributed by atoms with van der Waals surface area (Å²) in [5.74, 6) is -0.0256. The molecule has 2 aromatic rings. The summed E-state index contributed by atoms with van der Waals surface area (Å²) in [6.45, 7) is 5.10. The Balaban J connectivity index is 2.14. The third kappa shape index (κ3) is 3.20. The van der Waals surface area contributed by atoms with Crippen LogP contribution in [0, 0.1) is 6.92 Å². The highest BCUT2D eigenvalue weighted by Crippen LogP contribution is 2.13. The van der Waals surface area contributed by atoms with Crippen molar-refractivity contribution in [1.82, 2.24) is 14.7 Å². The molecular formula is C15H18ClN3O. The van der Waals surface area contributed by atoms with Gasteiger partial charge < -0.3 is 4.90 Å². The van der Waals surface area contributed by atoms with Crippen LogP contribution in [-0.4, -0.2) is 27.6 Å². The normalized spacial score (nSPS) is 10.6. The number of carbonyl (C=O) groups is 1. The number of benzene rings is 1.